The molecule has 0 atom stereocenters. The maximum absolute atomic E-state index is 11.9. The number of imidazole rings is 1. The van der Waals surface area contributed by atoms with E-state index >= 15 is 0 Å². The van der Waals surface area contributed by atoms with Gasteiger partial charge in [0, 0.05) is 13.1 Å². The lowest BCUT2D eigenvalue weighted by Gasteiger charge is -2.05. The van der Waals surface area contributed by atoms with E-state index < -0.39 is 0 Å². The number of hydrogen-bond donors (Lipinski definition) is 4. The Morgan fingerprint density at radius 3 is 3.05 bits per heavy atom. The van der Waals surface area contributed by atoms with Crippen LogP contribution in [0.1, 0.15) is 16.2 Å². The Kier molecular flexibility index (Phi) is 3.33. The van der Waals surface area contributed by atoms with E-state index in [-0.39, 0.29) is 23.3 Å². The zero-order valence-electron chi connectivity index (χ0n) is 11.7. The summed E-state index contributed by atoms with van der Waals surface area (Å²) in [7, 11) is 0. The molecular weight excluding hydrogens is 288 g/mol. The molecule has 0 fully saturated rings. The summed E-state index contributed by atoms with van der Waals surface area (Å²) in [4.78, 5) is 23.6. The molecule has 0 aliphatic heterocycles. The SMILES string of the molecule is Cc1cc(C(=O)NCCn2cnc3c(O)nc(N)nc32)[nH]n1. The van der Waals surface area contributed by atoms with E-state index in [1.165, 1.54) is 6.33 Å². The highest BCUT2D eigenvalue weighted by molar-refractivity contribution is 5.92. The second-order valence-corrected chi connectivity index (χ2v) is 4.69. The van der Waals surface area contributed by atoms with Crippen LogP contribution in [0, 0.1) is 6.92 Å². The van der Waals surface area contributed by atoms with Gasteiger partial charge in [-0.2, -0.15) is 15.1 Å². The fourth-order valence-corrected chi connectivity index (χ4v) is 2.03. The average Bonchev–Trinajstić information content (AvgIpc) is 3.06. The van der Waals surface area contributed by atoms with Crippen LogP contribution in [0.15, 0.2) is 12.4 Å². The topological polar surface area (TPSA) is 148 Å². The lowest BCUT2D eigenvalue weighted by atomic mass is 10.3. The molecule has 1 amide bonds. The molecular formula is C12H14N8O2. The molecule has 0 radical (unpaired) electrons. The minimum absolute atomic E-state index is 0.0382. The summed E-state index contributed by atoms with van der Waals surface area (Å²) in [5.41, 5.74) is 7.33. The van der Waals surface area contributed by atoms with E-state index in [0.717, 1.165) is 5.69 Å². The molecule has 0 saturated heterocycles. The van der Waals surface area contributed by atoms with Crippen LogP contribution in [0.2, 0.25) is 0 Å². The quantitative estimate of drug-likeness (QED) is 0.511. The van der Waals surface area contributed by atoms with E-state index in [9.17, 15) is 9.90 Å². The Morgan fingerprint density at radius 1 is 1.50 bits per heavy atom. The van der Waals surface area contributed by atoms with Crippen molar-refractivity contribution in [2.75, 3.05) is 12.3 Å². The third-order valence-corrected chi connectivity index (χ3v) is 3.05. The number of aryl methyl sites for hydroxylation is 1. The molecule has 3 aromatic rings. The predicted molar refractivity (Wildman–Crippen MR) is 77.1 cm³/mol. The van der Waals surface area contributed by atoms with Gasteiger partial charge in [-0.15, -0.1) is 0 Å². The van der Waals surface area contributed by atoms with Crippen LogP contribution in [0.4, 0.5) is 5.95 Å². The van der Waals surface area contributed by atoms with Crippen molar-refractivity contribution in [1.29, 1.82) is 0 Å². The molecule has 0 bridgehead atoms. The standard InChI is InChI=1S/C12H14N8O2/c1-6-4-7(19-18-6)10(21)14-2-3-20-5-15-8-9(20)16-12(13)17-11(8)22/h4-5H,2-3H2,1H3,(H,14,21)(H,18,19)(H3,13,16,17,22). The number of aromatic amines is 1. The maximum Gasteiger partial charge on any atom is 0.269 e. The number of aromatic hydroxyl groups is 1. The van der Waals surface area contributed by atoms with Crippen molar-refractivity contribution in [2.45, 2.75) is 13.5 Å². The number of aromatic nitrogens is 6. The van der Waals surface area contributed by atoms with E-state index in [1.54, 1.807) is 17.6 Å². The number of amides is 1. The molecule has 0 spiro atoms. The van der Waals surface area contributed by atoms with Gasteiger partial charge in [0.1, 0.15) is 5.69 Å². The summed E-state index contributed by atoms with van der Waals surface area (Å²) in [6, 6.07) is 1.66. The molecule has 3 aromatic heterocycles. The Hall–Kier alpha value is -3.17. The summed E-state index contributed by atoms with van der Waals surface area (Å²) in [6.07, 6.45) is 1.50. The van der Waals surface area contributed by atoms with E-state index in [2.05, 4.69) is 30.5 Å². The van der Waals surface area contributed by atoms with Gasteiger partial charge in [0.2, 0.25) is 11.8 Å². The number of nitrogens with two attached hydrogens (primary N) is 1. The Labute approximate surface area is 124 Å². The monoisotopic (exact) mass is 302 g/mol. The number of carbonyl (C=O) groups is 1. The molecule has 114 valence electrons. The van der Waals surface area contributed by atoms with Gasteiger partial charge in [-0.1, -0.05) is 0 Å². The van der Waals surface area contributed by atoms with Crippen molar-refractivity contribution in [3.05, 3.63) is 23.8 Å². The zero-order valence-corrected chi connectivity index (χ0v) is 11.7. The highest BCUT2D eigenvalue weighted by Crippen LogP contribution is 2.19. The van der Waals surface area contributed by atoms with Crippen LogP contribution >= 0.6 is 0 Å². The molecule has 10 nitrogen and oxygen atoms in total. The van der Waals surface area contributed by atoms with Gasteiger partial charge in [-0.05, 0) is 13.0 Å². The van der Waals surface area contributed by atoms with E-state index in [4.69, 9.17) is 5.73 Å². The smallest absolute Gasteiger partial charge is 0.269 e. The minimum atomic E-state index is -0.266. The van der Waals surface area contributed by atoms with Crippen molar-refractivity contribution < 1.29 is 9.90 Å². The van der Waals surface area contributed by atoms with Gasteiger partial charge in [0.25, 0.3) is 5.91 Å². The molecule has 0 aromatic carbocycles. The molecule has 0 saturated carbocycles. The summed E-state index contributed by atoms with van der Waals surface area (Å²) in [5.74, 6) is -0.552. The average molecular weight is 302 g/mol. The number of fused-ring (bicyclic) bond motifs is 1. The predicted octanol–water partition coefficient (Wildman–Crippen LogP) is -0.424. The van der Waals surface area contributed by atoms with Gasteiger partial charge in [0.05, 0.1) is 12.0 Å². The first-order valence-electron chi connectivity index (χ1n) is 6.52. The Bertz CT molecular complexity index is 837. The van der Waals surface area contributed by atoms with Crippen LogP contribution in [-0.2, 0) is 6.54 Å². The fraction of sp³-hybridized carbons (Fsp3) is 0.250. The number of nitrogen functional groups attached to an aromatic ring is 1. The summed E-state index contributed by atoms with van der Waals surface area (Å²) in [6.45, 7) is 2.57. The number of nitrogens with one attached hydrogen (secondary N) is 2. The molecule has 0 aliphatic carbocycles. The van der Waals surface area contributed by atoms with Crippen LogP contribution in [0.5, 0.6) is 5.88 Å². The van der Waals surface area contributed by atoms with Crippen LogP contribution in [-0.4, -0.2) is 47.3 Å². The lowest BCUT2D eigenvalue weighted by Crippen LogP contribution is -2.27. The molecule has 5 N–H and O–H groups in total. The van der Waals surface area contributed by atoms with Crippen molar-refractivity contribution in [3.63, 3.8) is 0 Å². The molecule has 0 unspecified atom stereocenters. The van der Waals surface area contributed by atoms with Gasteiger partial charge >= 0.3 is 0 Å². The lowest BCUT2D eigenvalue weighted by molar-refractivity contribution is 0.0947. The first-order chi connectivity index (χ1) is 10.5. The van der Waals surface area contributed by atoms with Crippen molar-refractivity contribution >= 4 is 23.0 Å². The van der Waals surface area contributed by atoms with Crippen LogP contribution < -0.4 is 11.1 Å². The van der Waals surface area contributed by atoms with Gasteiger partial charge in [0.15, 0.2) is 11.2 Å². The molecule has 3 heterocycles. The number of nitrogens with zero attached hydrogens (tertiary/aromatic N) is 5. The van der Waals surface area contributed by atoms with Crippen LogP contribution in [0.3, 0.4) is 0 Å². The second kappa shape index (κ2) is 5.31. The highest BCUT2D eigenvalue weighted by atomic mass is 16.3. The van der Waals surface area contributed by atoms with E-state index in [0.29, 0.717) is 24.4 Å². The summed E-state index contributed by atoms with van der Waals surface area (Å²) >= 11 is 0. The van der Waals surface area contributed by atoms with Crippen molar-refractivity contribution in [1.82, 2.24) is 35.0 Å². The first-order valence-corrected chi connectivity index (χ1v) is 6.52. The molecule has 22 heavy (non-hydrogen) atoms. The number of hydrogen-bond acceptors (Lipinski definition) is 7. The fourth-order valence-electron chi connectivity index (χ4n) is 2.03. The normalized spacial score (nSPS) is 11.0. The molecule has 10 heteroatoms. The van der Waals surface area contributed by atoms with Gasteiger partial charge < -0.3 is 20.7 Å². The Balaban J connectivity index is 1.68. The van der Waals surface area contributed by atoms with Gasteiger partial charge in [-0.3, -0.25) is 9.89 Å². The zero-order chi connectivity index (χ0) is 15.7. The Morgan fingerprint density at radius 2 is 2.32 bits per heavy atom. The third kappa shape index (κ3) is 2.53. The first kappa shape index (κ1) is 13.8. The van der Waals surface area contributed by atoms with Crippen molar-refractivity contribution in [2.24, 2.45) is 0 Å². The summed E-state index contributed by atoms with van der Waals surface area (Å²) in [5, 5.41) is 18.9. The number of rotatable bonds is 4. The minimum Gasteiger partial charge on any atom is -0.492 e. The maximum atomic E-state index is 11.9. The molecule has 0 aliphatic rings. The van der Waals surface area contributed by atoms with Crippen molar-refractivity contribution in [3.8, 4) is 5.88 Å². The van der Waals surface area contributed by atoms with Gasteiger partial charge in [-0.25, -0.2) is 4.98 Å². The second-order valence-electron chi connectivity index (χ2n) is 4.69. The van der Waals surface area contributed by atoms with E-state index in [1.807, 2.05) is 0 Å². The number of carbonyl (C=O) groups excluding carboxylic acids is 1. The third-order valence-electron chi connectivity index (χ3n) is 3.05. The molecule has 3 rings (SSSR count). The van der Waals surface area contributed by atoms with Crippen LogP contribution in [0.25, 0.3) is 11.2 Å². The highest BCUT2D eigenvalue weighted by Gasteiger charge is 2.12. The number of anilines is 1. The summed E-state index contributed by atoms with van der Waals surface area (Å²) < 4.78 is 1.67. The largest absolute Gasteiger partial charge is 0.492 e. The number of H-pyrrole nitrogens is 1.